The van der Waals surface area contributed by atoms with Gasteiger partial charge in [0.05, 0.1) is 12.8 Å². The monoisotopic (exact) mass is 358 g/mol. The van der Waals surface area contributed by atoms with E-state index in [1.807, 2.05) is 42.2 Å². The molecule has 5 nitrogen and oxygen atoms in total. The van der Waals surface area contributed by atoms with Crippen molar-refractivity contribution in [3.63, 3.8) is 0 Å². The molecule has 1 aromatic carbocycles. The second kappa shape index (κ2) is 7.78. The Morgan fingerprint density at radius 2 is 1.92 bits per heavy atom. The van der Waals surface area contributed by atoms with Crippen LogP contribution < -0.4 is 0 Å². The molecule has 0 aliphatic carbocycles. The predicted octanol–water partition coefficient (Wildman–Crippen LogP) is 3.53. The van der Waals surface area contributed by atoms with Crippen molar-refractivity contribution in [2.24, 2.45) is 5.92 Å². The van der Waals surface area contributed by atoms with Gasteiger partial charge in [-0.1, -0.05) is 30.3 Å². The predicted molar refractivity (Wildman–Crippen MR) is 97.5 cm³/mol. The molecule has 3 rings (SSSR count). The van der Waals surface area contributed by atoms with Crippen LogP contribution in [0.15, 0.2) is 30.3 Å². The van der Waals surface area contributed by atoms with Gasteiger partial charge in [-0.2, -0.15) is 0 Å². The number of rotatable bonds is 4. The third-order valence-electron chi connectivity index (χ3n) is 4.60. The molecular formula is C19H22N2O3S. The van der Waals surface area contributed by atoms with E-state index in [0.29, 0.717) is 30.3 Å². The van der Waals surface area contributed by atoms with Gasteiger partial charge in [0.2, 0.25) is 0 Å². The maximum atomic E-state index is 12.9. The molecule has 132 valence electrons. The molecule has 0 bridgehead atoms. The van der Waals surface area contributed by atoms with Crippen LogP contribution in [0.5, 0.6) is 0 Å². The molecular weight excluding hydrogens is 336 g/mol. The average Bonchev–Trinajstić information content (AvgIpc) is 3.04. The van der Waals surface area contributed by atoms with Crippen LogP contribution >= 0.6 is 11.3 Å². The lowest BCUT2D eigenvalue weighted by atomic mass is 9.93. The van der Waals surface area contributed by atoms with Crippen LogP contribution in [0.4, 0.5) is 0 Å². The fourth-order valence-electron chi connectivity index (χ4n) is 3.10. The van der Waals surface area contributed by atoms with E-state index in [-0.39, 0.29) is 11.9 Å². The van der Waals surface area contributed by atoms with E-state index in [2.05, 4.69) is 4.98 Å². The van der Waals surface area contributed by atoms with E-state index < -0.39 is 0 Å². The summed E-state index contributed by atoms with van der Waals surface area (Å²) in [4.78, 5) is 31.4. The molecule has 0 radical (unpaired) electrons. The Labute approximate surface area is 151 Å². The van der Waals surface area contributed by atoms with Gasteiger partial charge < -0.3 is 9.64 Å². The van der Waals surface area contributed by atoms with Crippen molar-refractivity contribution >= 4 is 23.2 Å². The molecule has 1 saturated heterocycles. The average molecular weight is 358 g/mol. The number of carbonyl (C=O) groups excluding carboxylic acids is 2. The maximum Gasteiger partial charge on any atom is 0.305 e. The third-order valence-corrected chi connectivity index (χ3v) is 5.79. The lowest BCUT2D eigenvalue weighted by Crippen LogP contribution is -2.38. The topological polar surface area (TPSA) is 59.5 Å². The van der Waals surface area contributed by atoms with Gasteiger partial charge >= 0.3 is 5.97 Å². The quantitative estimate of drug-likeness (QED) is 0.785. The van der Waals surface area contributed by atoms with Gasteiger partial charge in [0, 0.05) is 25.1 Å². The van der Waals surface area contributed by atoms with Crippen molar-refractivity contribution in [2.75, 3.05) is 20.2 Å². The summed E-state index contributed by atoms with van der Waals surface area (Å²) in [7, 11) is 1.41. The van der Waals surface area contributed by atoms with E-state index in [1.165, 1.54) is 18.4 Å². The lowest BCUT2D eigenvalue weighted by Gasteiger charge is -2.31. The van der Waals surface area contributed by atoms with Gasteiger partial charge in [-0.25, -0.2) is 4.98 Å². The molecule has 1 amide bonds. The molecule has 2 aromatic rings. The highest BCUT2D eigenvalue weighted by atomic mass is 32.1. The summed E-state index contributed by atoms with van der Waals surface area (Å²) in [5, 5.41) is 0.877. The molecule has 25 heavy (non-hydrogen) atoms. The minimum atomic E-state index is -0.171. The maximum absolute atomic E-state index is 12.9. The highest BCUT2D eigenvalue weighted by Gasteiger charge is 2.27. The Bertz CT molecular complexity index is 749. The number of aryl methyl sites for hydroxylation is 1. The van der Waals surface area contributed by atoms with Gasteiger partial charge in [0.1, 0.15) is 9.88 Å². The number of thiazole rings is 1. The van der Waals surface area contributed by atoms with E-state index >= 15 is 0 Å². The van der Waals surface area contributed by atoms with Crippen molar-refractivity contribution in [3.05, 3.63) is 40.9 Å². The van der Waals surface area contributed by atoms with Gasteiger partial charge in [0.25, 0.3) is 5.91 Å². The molecule has 0 N–H and O–H groups in total. The number of benzene rings is 1. The summed E-state index contributed by atoms with van der Waals surface area (Å²) in [5.41, 5.74) is 1.82. The minimum absolute atomic E-state index is 0.0497. The number of ether oxygens (including phenoxy) is 1. The molecule has 1 aliphatic rings. The number of carbonyl (C=O) groups is 2. The number of amides is 1. The first-order valence-electron chi connectivity index (χ1n) is 8.47. The number of methoxy groups -OCH3 is 1. The van der Waals surface area contributed by atoms with Crippen LogP contribution in [0.25, 0.3) is 10.6 Å². The van der Waals surface area contributed by atoms with Crippen LogP contribution in [-0.4, -0.2) is 42.0 Å². The fourth-order valence-corrected chi connectivity index (χ4v) is 4.14. The number of nitrogens with zero attached hydrogens (tertiary/aromatic N) is 2. The minimum Gasteiger partial charge on any atom is -0.469 e. The highest BCUT2D eigenvalue weighted by Crippen LogP contribution is 2.30. The van der Waals surface area contributed by atoms with Crippen LogP contribution in [0.1, 0.15) is 34.6 Å². The van der Waals surface area contributed by atoms with Crippen LogP contribution in [-0.2, 0) is 9.53 Å². The Morgan fingerprint density at radius 3 is 2.56 bits per heavy atom. The van der Waals surface area contributed by atoms with E-state index in [1.54, 1.807) is 0 Å². The zero-order valence-corrected chi connectivity index (χ0v) is 15.3. The van der Waals surface area contributed by atoms with E-state index in [9.17, 15) is 9.59 Å². The SMILES string of the molecule is COC(=O)CC1CCN(C(=O)c2sc(-c3ccccc3)nc2C)CC1. The van der Waals surface area contributed by atoms with Crippen molar-refractivity contribution in [3.8, 4) is 10.6 Å². The number of aromatic nitrogens is 1. The number of piperidine rings is 1. The summed E-state index contributed by atoms with van der Waals surface area (Å²) in [6, 6.07) is 9.92. The summed E-state index contributed by atoms with van der Waals surface area (Å²) in [6.07, 6.45) is 2.12. The van der Waals surface area contributed by atoms with Gasteiger partial charge in [-0.15, -0.1) is 11.3 Å². The fraction of sp³-hybridized carbons (Fsp3) is 0.421. The standard InChI is InChI=1S/C19H22N2O3S/c1-13-17(25-18(20-13)15-6-4-3-5-7-15)19(23)21-10-8-14(9-11-21)12-16(22)24-2/h3-7,14H,8-12H2,1-2H3. The van der Waals surface area contributed by atoms with Crippen molar-refractivity contribution < 1.29 is 14.3 Å². The molecule has 0 unspecified atom stereocenters. The first-order valence-corrected chi connectivity index (χ1v) is 9.29. The number of likely N-dealkylation sites (tertiary alicyclic amines) is 1. The van der Waals surface area contributed by atoms with Gasteiger partial charge in [-0.3, -0.25) is 9.59 Å². The third kappa shape index (κ3) is 4.07. The summed E-state index contributed by atoms with van der Waals surface area (Å²) >= 11 is 1.45. The van der Waals surface area contributed by atoms with Gasteiger partial charge in [0.15, 0.2) is 0 Å². The lowest BCUT2D eigenvalue weighted by molar-refractivity contribution is -0.142. The molecule has 6 heteroatoms. The Morgan fingerprint density at radius 1 is 1.24 bits per heavy atom. The molecule has 1 aromatic heterocycles. The van der Waals surface area contributed by atoms with Gasteiger partial charge in [-0.05, 0) is 25.7 Å². The second-order valence-corrected chi connectivity index (χ2v) is 7.31. The summed E-state index contributed by atoms with van der Waals surface area (Å²) in [5.74, 6) is 0.184. The number of hydrogen-bond donors (Lipinski definition) is 0. The zero-order chi connectivity index (χ0) is 17.8. The number of hydrogen-bond acceptors (Lipinski definition) is 5. The normalized spacial score (nSPS) is 15.2. The van der Waals surface area contributed by atoms with Crippen molar-refractivity contribution in [2.45, 2.75) is 26.2 Å². The van der Waals surface area contributed by atoms with Crippen LogP contribution in [0.2, 0.25) is 0 Å². The second-order valence-electron chi connectivity index (χ2n) is 6.32. The number of esters is 1. The molecule has 0 spiro atoms. The molecule has 1 aliphatic heterocycles. The molecule has 0 atom stereocenters. The van der Waals surface area contributed by atoms with Crippen LogP contribution in [0.3, 0.4) is 0 Å². The zero-order valence-electron chi connectivity index (χ0n) is 14.5. The summed E-state index contributed by atoms with van der Waals surface area (Å²) in [6.45, 7) is 3.25. The van der Waals surface area contributed by atoms with E-state index in [4.69, 9.17) is 4.74 Å². The largest absolute Gasteiger partial charge is 0.469 e. The van der Waals surface area contributed by atoms with Crippen molar-refractivity contribution in [1.29, 1.82) is 0 Å². The molecule has 2 heterocycles. The first-order chi connectivity index (χ1) is 12.1. The smallest absolute Gasteiger partial charge is 0.305 e. The molecule has 0 saturated carbocycles. The van der Waals surface area contributed by atoms with E-state index in [0.717, 1.165) is 29.1 Å². The first kappa shape index (κ1) is 17.6. The Balaban J connectivity index is 1.66. The molecule has 1 fully saturated rings. The van der Waals surface area contributed by atoms with Crippen molar-refractivity contribution in [1.82, 2.24) is 9.88 Å². The summed E-state index contributed by atoms with van der Waals surface area (Å²) < 4.78 is 4.73. The highest BCUT2D eigenvalue weighted by molar-refractivity contribution is 7.17. The van der Waals surface area contributed by atoms with Crippen LogP contribution in [0, 0.1) is 12.8 Å². The Hall–Kier alpha value is -2.21. The Kier molecular flexibility index (Phi) is 5.48.